The van der Waals surface area contributed by atoms with Gasteiger partial charge in [-0.25, -0.2) is 0 Å². The Hall–Kier alpha value is -1.41. The molecule has 1 aliphatic rings. The maximum Gasteiger partial charge on any atom is 0.0705 e. The van der Waals surface area contributed by atoms with E-state index in [1.165, 1.54) is 43.1 Å². The molecule has 1 saturated carbocycles. The van der Waals surface area contributed by atoms with Gasteiger partial charge in [0.05, 0.1) is 5.52 Å². The standard InChI is InChI=1S/C17H22N2/c1-2-6-14(7-3-1)12-18-13-15-10-11-19-17-9-5-4-8-16(15)17/h4-5,8-11,14,18H,1-3,6-7,12-13H2. The summed E-state index contributed by atoms with van der Waals surface area (Å²) in [5.41, 5.74) is 2.46. The fraction of sp³-hybridized carbons (Fsp3) is 0.471. The van der Waals surface area contributed by atoms with E-state index in [2.05, 4.69) is 40.6 Å². The second kappa shape index (κ2) is 6.16. The summed E-state index contributed by atoms with van der Waals surface area (Å²) in [6.07, 6.45) is 9.01. The predicted octanol–water partition coefficient (Wildman–Crippen LogP) is 3.90. The summed E-state index contributed by atoms with van der Waals surface area (Å²) < 4.78 is 0. The van der Waals surface area contributed by atoms with Crippen LogP contribution >= 0.6 is 0 Å². The quantitative estimate of drug-likeness (QED) is 0.895. The fourth-order valence-electron chi connectivity index (χ4n) is 3.11. The first kappa shape index (κ1) is 12.6. The number of hydrogen-bond acceptors (Lipinski definition) is 2. The van der Waals surface area contributed by atoms with Crippen LogP contribution in [0.5, 0.6) is 0 Å². The van der Waals surface area contributed by atoms with Crippen molar-refractivity contribution in [2.24, 2.45) is 5.92 Å². The molecule has 1 fully saturated rings. The Labute approximate surface area is 115 Å². The Kier molecular flexibility index (Phi) is 4.09. The van der Waals surface area contributed by atoms with E-state index < -0.39 is 0 Å². The van der Waals surface area contributed by atoms with E-state index in [9.17, 15) is 0 Å². The van der Waals surface area contributed by atoms with Gasteiger partial charge in [0.15, 0.2) is 0 Å². The molecule has 2 aromatic rings. The number of benzene rings is 1. The van der Waals surface area contributed by atoms with Gasteiger partial charge in [-0.15, -0.1) is 0 Å². The topological polar surface area (TPSA) is 24.9 Å². The first-order chi connectivity index (χ1) is 9.43. The zero-order chi connectivity index (χ0) is 12.9. The van der Waals surface area contributed by atoms with E-state index in [4.69, 9.17) is 0 Å². The summed E-state index contributed by atoms with van der Waals surface area (Å²) in [6.45, 7) is 2.12. The lowest BCUT2D eigenvalue weighted by Crippen LogP contribution is -2.24. The summed E-state index contributed by atoms with van der Waals surface area (Å²) >= 11 is 0. The van der Waals surface area contributed by atoms with E-state index in [-0.39, 0.29) is 0 Å². The van der Waals surface area contributed by atoms with Crippen LogP contribution in [0.25, 0.3) is 10.9 Å². The molecule has 3 rings (SSSR count). The molecule has 2 nitrogen and oxygen atoms in total. The Balaban J connectivity index is 1.62. The molecule has 1 N–H and O–H groups in total. The van der Waals surface area contributed by atoms with Crippen LogP contribution in [0.2, 0.25) is 0 Å². The third-order valence-corrected chi connectivity index (χ3v) is 4.21. The van der Waals surface area contributed by atoms with Crippen molar-refractivity contribution < 1.29 is 0 Å². The maximum atomic E-state index is 4.41. The van der Waals surface area contributed by atoms with Crippen molar-refractivity contribution in [3.63, 3.8) is 0 Å². The Morgan fingerprint density at radius 1 is 1.05 bits per heavy atom. The predicted molar refractivity (Wildman–Crippen MR) is 80.0 cm³/mol. The minimum absolute atomic E-state index is 0.891. The number of rotatable bonds is 4. The summed E-state index contributed by atoms with van der Waals surface area (Å²) in [4.78, 5) is 4.41. The van der Waals surface area contributed by atoms with Gasteiger partial charge in [-0.05, 0) is 43.0 Å². The van der Waals surface area contributed by atoms with E-state index in [1.54, 1.807) is 0 Å². The van der Waals surface area contributed by atoms with Gasteiger partial charge in [0.25, 0.3) is 0 Å². The number of nitrogens with one attached hydrogen (secondary N) is 1. The summed E-state index contributed by atoms with van der Waals surface area (Å²) in [5.74, 6) is 0.891. The van der Waals surface area contributed by atoms with Crippen LogP contribution in [0.15, 0.2) is 36.5 Å². The highest BCUT2D eigenvalue weighted by molar-refractivity contribution is 5.81. The van der Waals surface area contributed by atoms with Crippen molar-refractivity contribution in [1.82, 2.24) is 10.3 Å². The highest BCUT2D eigenvalue weighted by atomic mass is 14.9. The molecule has 0 amide bonds. The van der Waals surface area contributed by atoms with Gasteiger partial charge < -0.3 is 5.32 Å². The zero-order valence-electron chi connectivity index (χ0n) is 11.4. The largest absolute Gasteiger partial charge is 0.312 e. The van der Waals surface area contributed by atoms with Gasteiger partial charge in [0, 0.05) is 18.1 Å². The molecule has 1 aromatic carbocycles. The summed E-state index contributed by atoms with van der Waals surface area (Å²) in [5, 5.41) is 4.91. The fourth-order valence-corrected chi connectivity index (χ4v) is 3.11. The first-order valence-corrected chi connectivity index (χ1v) is 7.47. The Morgan fingerprint density at radius 2 is 1.89 bits per heavy atom. The number of nitrogens with zero attached hydrogens (tertiary/aromatic N) is 1. The van der Waals surface area contributed by atoms with Crippen LogP contribution in [0.4, 0.5) is 0 Å². The SMILES string of the molecule is c1ccc2c(CNCC3CCCCC3)ccnc2c1. The van der Waals surface area contributed by atoms with Gasteiger partial charge >= 0.3 is 0 Å². The van der Waals surface area contributed by atoms with E-state index in [1.807, 2.05) is 6.20 Å². The van der Waals surface area contributed by atoms with Crippen LogP contribution < -0.4 is 5.32 Å². The number of para-hydroxylation sites is 1. The number of hydrogen-bond donors (Lipinski definition) is 1. The lowest BCUT2D eigenvalue weighted by molar-refractivity contribution is 0.342. The highest BCUT2D eigenvalue weighted by Gasteiger charge is 2.12. The van der Waals surface area contributed by atoms with E-state index in [0.29, 0.717) is 0 Å². The third-order valence-electron chi connectivity index (χ3n) is 4.21. The van der Waals surface area contributed by atoms with Crippen LogP contribution in [0.1, 0.15) is 37.7 Å². The van der Waals surface area contributed by atoms with E-state index >= 15 is 0 Å². The molecule has 2 heteroatoms. The molecule has 1 heterocycles. The molecule has 1 aliphatic carbocycles. The zero-order valence-corrected chi connectivity index (χ0v) is 11.4. The normalized spacial score (nSPS) is 16.8. The van der Waals surface area contributed by atoms with Crippen LogP contribution in [0, 0.1) is 5.92 Å². The molecule has 0 unspecified atom stereocenters. The van der Waals surface area contributed by atoms with Gasteiger partial charge in [-0.3, -0.25) is 4.98 Å². The number of fused-ring (bicyclic) bond motifs is 1. The van der Waals surface area contributed by atoms with Crippen molar-refractivity contribution >= 4 is 10.9 Å². The lowest BCUT2D eigenvalue weighted by Gasteiger charge is -2.22. The van der Waals surface area contributed by atoms with Crippen molar-refractivity contribution in [2.75, 3.05) is 6.54 Å². The van der Waals surface area contributed by atoms with Crippen molar-refractivity contribution in [3.8, 4) is 0 Å². The minimum atomic E-state index is 0.891. The molecule has 0 aliphatic heterocycles. The average Bonchev–Trinajstić information content (AvgIpc) is 2.49. The first-order valence-electron chi connectivity index (χ1n) is 7.47. The van der Waals surface area contributed by atoms with E-state index in [0.717, 1.165) is 24.5 Å². The van der Waals surface area contributed by atoms with Gasteiger partial charge in [0.1, 0.15) is 0 Å². The Morgan fingerprint density at radius 3 is 2.79 bits per heavy atom. The van der Waals surface area contributed by atoms with Crippen molar-refractivity contribution in [1.29, 1.82) is 0 Å². The Bertz CT molecular complexity index is 524. The molecule has 0 atom stereocenters. The van der Waals surface area contributed by atoms with Crippen LogP contribution in [-0.2, 0) is 6.54 Å². The number of aromatic nitrogens is 1. The van der Waals surface area contributed by atoms with Gasteiger partial charge in [-0.1, -0.05) is 37.5 Å². The van der Waals surface area contributed by atoms with Gasteiger partial charge in [-0.2, -0.15) is 0 Å². The molecule has 0 radical (unpaired) electrons. The highest BCUT2D eigenvalue weighted by Crippen LogP contribution is 2.23. The van der Waals surface area contributed by atoms with Gasteiger partial charge in [0.2, 0.25) is 0 Å². The second-order valence-electron chi connectivity index (χ2n) is 5.62. The summed E-state index contributed by atoms with van der Waals surface area (Å²) in [7, 11) is 0. The van der Waals surface area contributed by atoms with Crippen LogP contribution in [-0.4, -0.2) is 11.5 Å². The van der Waals surface area contributed by atoms with Crippen molar-refractivity contribution in [2.45, 2.75) is 38.6 Å². The smallest absolute Gasteiger partial charge is 0.0705 e. The minimum Gasteiger partial charge on any atom is -0.312 e. The molecule has 100 valence electrons. The molecule has 0 bridgehead atoms. The lowest BCUT2D eigenvalue weighted by atomic mass is 9.89. The monoisotopic (exact) mass is 254 g/mol. The second-order valence-corrected chi connectivity index (χ2v) is 5.62. The molecule has 1 aromatic heterocycles. The average molecular weight is 254 g/mol. The third kappa shape index (κ3) is 3.13. The molecular weight excluding hydrogens is 232 g/mol. The summed E-state index contributed by atoms with van der Waals surface area (Å²) in [6, 6.07) is 10.5. The molecule has 0 saturated heterocycles. The van der Waals surface area contributed by atoms with Crippen LogP contribution in [0.3, 0.4) is 0 Å². The maximum absolute atomic E-state index is 4.41. The number of pyridine rings is 1. The van der Waals surface area contributed by atoms with Crippen molar-refractivity contribution in [3.05, 3.63) is 42.1 Å². The molecule has 0 spiro atoms. The molecule has 19 heavy (non-hydrogen) atoms. The molecular formula is C17H22N2.